The Balaban J connectivity index is 1.54. The molecule has 1 fully saturated rings. The van der Waals surface area contributed by atoms with E-state index in [2.05, 4.69) is 39.0 Å². The number of piperidine rings is 1. The van der Waals surface area contributed by atoms with Gasteiger partial charge in [0.15, 0.2) is 0 Å². The molecule has 3 N–H and O–H groups in total. The molecular formula is C18H25N5O3. The fourth-order valence-electron chi connectivity index (χ4n) is 3.75. The summed E-state index contributed by atoms with van der Waals surface area (Å²) < 4.78 is 0. The number of amides is 1. The van der Waals surface area contributed by atoms with Crippen LogP contribution < -0.4 is 16.6 Å². The fraction of sp³-hybridized carbons (Fsp3) is 0.556. The van der Waals surface area contributed by atoms with Gasteiger partial charge >= 0.3 is 5.69 Å². The maximum Gasteiger partial charge on any atom is 0.327 e. The number of hydrogen-bond acceptors (Lipinski definition) is 5. The van der Waals surface area contributed by atoms with Crippen LogP contribution in [0.1, 0.15) is 37.0 Å². The van der Waals surface area contributed by atoms with Crippen molar-refractivity contribution in [3.05, 3.63) is 38.7 Å². The van der Waals surface area contributed by atoms with Gasteiger partial charge < -0.3 is 10.2 Å². The highest BCUT2D eigenvalue weighted by Gasteiger charge is 2.21. The van der Waals surface area contributed by atoms with Crippen molar-refractivity contribution in [2.24, 2.45) is 11.8 Å². The van der Waals surface area contributed by atoms with Crippen LogP contribution in [0.3, 0.4) is 0 Å². The number of likely N-dealkylation sites (tertiary alicyclic amines) is 1. The maximum atomic E-state index is 12.3. The summed E-state index contributed by atoms with van der Waals surface area (Å²) in [5.41, 5.74) is -0.702. The molecule has 0 bridgehead atoms. The molecule has 3 heterocycles. The average molecular weight is 359 g/mol. The quantitative estimate of drug-likeness (QED) is 0.681. The van der Waals surface area contributed by atoms with E-state index in [-0.39, 0.29) is 16.9 Å². The van der Waals surface area contributed by atoms with Crippen LogP contribution in [-0.4, -0.2) is 51.9 Å². The Labute approximate surface area is 151 Å². The molecule has 2 aromatic rings. The molecule has 1 aliphatic heterocycles. The molecule has 0 radical (unpaired) electrons. The second-order valence-corrected chi connectivity index (χ2v) is 7.34. The predicted molar refractivity (Wildman–Crippen MR) is 99.3 cm³/mol. The molecule has 1 amide bonds. The molecule has 0 saturated carbocycles. The Bertz CT molecular complexity index is 894. The van der Waals surface area contributed by atoms with Crippen molar-refractivity contribution in [1.29, 1.82) is 0 Å². The van der Waals surface area contributed by atoms with Crippen LogP contribution >= 0.6 is 0 Å². The summed E-state index contributed by atoms with van der Waals surface area (Å²) in [5, 5.41) is 3.06. The fourth-order valence-corrected chi connectivity index (χ4v) is 3.75. The van der Waals surface area contributed by atoms with Gasteiger partial charge in [-0.15, -0.1) is 0 Å². The van der Waals surface area contributed by atoms with Crippen LogP contribution in [0.15, 0.2) is 21.9 Å². The predicted octanol–water partition coefficient (Wildman–Crippen LogP) is 0.709. The minimum Gasteiger partial charge on any atom is -0.352 e. The Morgan fingerprint density at radius 3 is 2.73 bits per heavy atom. The molecule has 2 aromatic heterocycles. The van der Waals surface area contributed by atoms with Crippen molar-refractivity contribution in [2.75, 3.05) is 26.2 Å². The molecular weight excluding hydrogens is 334 g/mol. The number of H-pyrrole nitrogens is 2. The van der Waals surface area contributed by atoms with Crippen LogP contribution in [0, 0.1) is 11.8 Å². The van der Waals surface area contributed by atoms with Crippen molar-refractivity contribution >= 4 is 16.9 Å². The van der Waals surface area contributed by atoms with E-state index in [1.807, 2.05) is 0 Å². The normalized spacial score (nSPS) is 21.0. The van der Waals surface area contributed by atoms with Gasteiger partial charge in [-0.05, 0) is 37.3 Å². The lowest BCUT2D eigenvalue weighted by atomic mass is 9.92. The van der Waals surface area contributed by atoms with E-state index in [1.165, 1.54) is 18.7 Å². The van der Waals surface area contributed by atoms with Crippen molar-refractivity contribution < 1.29 is 4.79 Å². The summed E-state index contributed by atoms with van der Waals surface area (Å²) in [5.74, 6) is 1.17. The molecule has 26 heavy (non-hydrogen) atoms. The van der Waals surface area contributed by atoms with Crippen LogP contribution in [-0.2, 0) is 0 Å². The van der Waals surface area contributed by atoms with Gasteiger partial charge in [-0.25, -0.2) is 9.78 Å². The summed E-state index contributed by atoms with van der Waals surface area (Å²) in [6.07, 6.45) is 3.52. The number of carbonyl (C=O) groups is 1. The first kappa shape index (κ1) is 18.3. The SMILES string of the molecule is CC1CC(C)CN(CCCNC(=O)c2cnc3[nH]c(=O)[nH]c(=O)c3c2)C1. The Morgan fingerprint density at radius 1 is 1.27 bits per heavy atom. The molecule has 140 valence electrons. The van der Waals surface area contributed by atoms with E-state index < -0.39 is 11.2 Å². The number of hydrogen-bond donors (Lipinski definition) is 3. The lowest BCUT2D eigenvalue weighted by Crippen LogP contribution is -2.40. The first-order valence-electron chi connectivity index (χ1n) is 9.05. The monoisotopic (exact) mass is 359 g/mol. The van der Waals surface area contributed by atoms with E-state index in [9.17, 15) is 14.4 Å². The van der Waals surface area contributed by atoms with Gasteiger partial charge in [0.1, 0.15) is 5.65 Å². The highest BCUT2D eigenvalue weighted by atomic mass is 16.2. The van der Waals surface area contributed by atoms with Gasteiger partial charge in [0.25, 0.3) is 11.5 Å². The molecule has 0 aliphatic carbocycles. The second-order valence-electron chi connectivity index (χ2n) is 7.34. The summed E-state index contributed by atoms with van der Waals surface area (Å²) in [6.45, 7) is 8.34. The summed E-state index contributed by atoms with van der Waals surface area (Å²) in [4.78, 5) is 46.3. The number of aromatic nitrogens is 3. The van der Waals surface area contributed by atoms with Gasteiger partial charge in [-0.1, -0.05) is 13.8 Å². The average Bonchev–Trinajstić information content (AvgIpc) is 2.57. The van der Waals surface area contributed by atoms with E-state index in [1.54, 1.807) is 0 Å². The van der Waals surface area contributed by atoms with Crippen LogP contribution in [0.2, 0.25) is 0 Å². The van der Waals surface area contributed by atoms with Crippen molar-refractivity contribution in [3.63, 3.8) is 0 Å². The van der Waals surface area contributed by atoms with Crippen molar-refractivity contribution in [2.45, 2.75) is 26.7 Å². The van der Waals surface area contributed by atoms with Gasteiger partial charge in [-0.3, -0.25) is 19.6 Å². The number of rotatable bonds is 5. The second kappa shape index (κ2) is 7.82. The van der Waals surface area contributed by atoms with Crippen molar-refractivity contribution in [3.8, 4) is 0 Å². The highest BCUT2D eigenvalue weighted by Crippen LogP contribution is 2.20. The molecule has 2 atom stereocenters. The summed E-state index contributed by atoms with van der Waals surface area (Å²) in [6, 6.07) is 1.44. The number of pyridine rings is 1. The Kier molecular flexibility index (Phi) is 5.51. The molecule has 1 aliphatic rings. The van der Waals surface area contributed by atoms with Crippen LogP contribution in [0.25, 0.3) is 11.0 Å². The third-order valence-electron chi connectivity index (χ3n) is 4.73. The third kappa shape index (κ3) is 4.37. The van der Waals surface area contributed by atoms with E-state index in [0.29, 0.717) is 12.1 Å². The molecule has 8 nitrogen and oxygen atoms in total. The minimum atomic E-state index is -0.617. The molecule has 8 heteroatoms. The van der Waals surface area contributed by atoms with E-state index in [4.69, 9.17) is 0 Å². The highest BCUT2D eigenvalue weighted by molar-refractivity contribution is 5.96. The number of aromatic amines is 2. The van der Waals surface area contributed by atoms with E-state index >= 15 is 0 Å². The largest absolute Gasteiger partial charge is 0.352 e. The zero-order chi connectivity index (χ0) is 18.7. The molecule has 2 unspecified atom stereocenters. The lowest BCUT2D eigenvalue weighted by molar-refractivity contribution is 0.0947. The summed E-state index contributed by atoms with van der Waals surface area (Å²) in [7, 11) is 0. The lowest BCUT2D eigenvalue weighted by Gasteiger charge is -2.34. The van der Waals surface area contributed by atoms with Gasteiger partial charge in [0.05, 0.1) is 10.9 Å². The van der Waals surface area contributed by atoms with E-state index in [0.717, 1.165) is 37.9 Å². The van der Waals surface area contributed by atoms with Gasteiger partial charge in [-0.2, -0.15) is 0 Å². The minimum absolute atomic E-state index is 0.170. The zero-order valence-corrected chi connectivity index (χ0v) is 15.2. The first-order valence-corrected chi connectivity index (χ1v) is 9.05. The molecule has 0 aromatic carbocycles. The van der Waals surface area contributed by atoms with Crippen molar-refractivity contribution in [1.82, 2.24) is 25.2 Å². The van der Waals surface area contributed by atoms with Gasteiger partial charge in [0.2, 0.25) is 0 Å². The number of nitrogens with one attached hydrogen (secondary N) is 3. The standard InChI is InChI=1S/C18H25N5O3/c1-11-6-12(2)10-23(9-11)5-3-4-19-16(24)13-7-14-15(20-8-13)21-18(26)22-17(14)25/h7-8,11-12H,3-6,9-10H2,1-2H3,(H,19,24)(H2,20,21,22,25,26). The molecule has 0 spiro atoms. The van der Waals surface area contributed by atoms with Crippen LogP contribution in [0.5, 0.6) is 0 Å². The summed E-state index contributed by atoms with van der Waals surface area (Å²) >= 11 is 0. The maximum absolute atomic E-state index is 12.3. The molecule has 3 rings (SSSR count). The molecule has 1 saturated heterocycles. The Morgan fingerprint density at radius 2 is 2.00 bits per heavy atom. The third-order valence-corrected chi connectivity index (χ3v) is 4.73. The first-order chi connectivity index (χ1) is 12.4. The number of nitrogens with zero attached hydrogens (tertiary/aromatic N) is 2. The number of fused-ring (bicyclic) bond motifs is 1. The topological polar surface area (TPSA) is 111 Å². The smallest absolute Gasteiger partial charge is 0.327 e. The Hall–Kier alpha value is -2.48. The van der Waals surface area contributed by atoms with Crippen LogP contribution in [0.4, 0.5) is 0 Å². The number of carbonyl (C=O) groups excluding carboxylic acids is 1. The van der Waals surface area contributed by atoms with Gasteiger partial charge in [0, 0.05) is 25.8 Å². The zero-order valence-electron chi connectivity index (χ0n) is 15.2.